The predicted molar refractivity (Wildman–Crippen MR) is 139 cm³/mol. The van der Waals surface area contributed by atoms with E-state index in [9.17, 15) is 18.4 Å². The molecule has 2 amide bonds. The number of halogens is 2. The van der Waals surface area contributed by atoms with E-state index >= 15 is 0 Å². The number of hydrogen-bond donors (Lipinski definition) is 2. The third-order valence-electron chi connectivity index (χ3n) is 6.39. The summed E-state index contributed by atoms with van der Waals surface area (Å²) in [4.78, 5) is 25.4. The largest absolute Gasteiger partial charge is 0.386 e. The van der Waals surface area contributed by atoms with Crippen molar-refractivity contribution in [3.63, 3.8) is 0 Å². The Kier molecular flexibility index (Phi) is 7.14. The second-order valence-electron chi connectivity index (χ2n) is 8.75. The number of hydrogen-bond acceptors (Lipinski definition) is 5. The van der Waals surface area contributed by atoms with E-state index in [1.54, 1.807) is 53.2 Å². The van der Waals surface area contributed by atoms with Crippen LogP contribution in [0.15, 0.2) is 72.9 Å². The van der Waals surface area contributed by atoms with Crippen molar-refractivity contribution in [1.29, 1.82) is 0 Å². The summed E-state index contributed by atoms with van der Waals surface area (Å²) >= 11 is 0. The maximum absolute atomic E-state index is 13.6. The molecule has 1 aliphatic rings. The lowest BCUT2D eigenvalue weighted by Crippen LogP contribution is -2.30. The summed E-state index contributed by atoms with van der Waals surface area (Å²) in [6, 6.07) is 17.4. The Morgan fingerprint density at radius 1 is 1.03 bits per heavy atom. The van der Waals surface area contributed by atoms with Crippen molar-refractivity contribution < 1.29 is 23.1 Å². The van der Waals surface area contributed by atoms with Crippen LogP contribution in [-0.4, -0.2) is 47.2 Å². The van der Waals surface area contributed by atoms with Gasteiger partial charge in [0, 0.05) is 30.9 Å². The molecule has 1 aromatic heterocycles. The first kappa shape index (κ1) is 25.1. The molecule has 2 N–H and O–H groups in total. The Morgan fingerprint density at radius 2 is 1.74 bits per heavy atom. The van der Waals surface area contributed by atoms with E-state index in [0.717, 1.165) is 11.3 Å². The molecule has 5 rings (SSSR count). The number of aromatic nitrogens is 2. The summed E-state index contributed by atoms with van der Waals surface area (Å²) in [7, 11) is 1.76. The lowest BCUT2D eigenvalue weighted by molar-refractivity contribution is -0.128. The first-order valence-electron chi connectivity index (χ1n) is 12.0. The van der Waals surface area contributed by atoms with Gasteiger partial charge in [-0.25, -0.2) is 13.5 Å². The summed E-state index contributed by atoms with van der Waals surface area (Å²) in [5, 5.41) is 10.4. The van der Waals surface area contributed by atoms with Crippen molar-refractivity contribution in [3.8, 4) is 16.9 Å². The quantitative estimate of drug-likeness (QED) is 0.319. The van der Waals surface area contributed by atoms with Gasteiger partial charge < -0.3 is 20.3 Å². The summed E-state index contributed by atoms with van der Waals surface area (Å²) < 4.78 is 34.7. The number of anilines is 2. The molecule has 1 unspecified atom stereocenters. The van der Waals surface area contributed by atoms with Crippen molar-refractivity contribution >= 4 is 23.7 Å². The monoisotopic (exact) mass is 517 g/mol. The highest BCUT2D eigenvalue weighted by Crippen LogP contribution is 2.35. The van der Waals surface area contributed by atoms with E-state index in [1.807, 2.05) is 12.1 Å². The molecule has 1 fully saturated rings. The molecule has 1 atom stereocenters. The van der Waals surface area contributed by atoms with Gasteiger partial charge in [0.1, 0.15) is 23.9 Å². The zero-order valence-electron chi connectivity index (χ0n) is 20.5. The molecular weight excluding hydrogens is 492 g/mol. The smallest absolute Gasteiger partial charge is 0.250 e. The molecule has 8 nitrogen and oxygen atoms in total. The maximum atomic E-state index is 13.6. The van der Waals surface area contributed by atoms with Crippen LogP contribution >= 0.6 is 0 Å². The molecule has 1 aliphatic heterocycles. The van der Waals surface area contributed by atoms with Gasteiger partial charge in [-0.05, 0) is 72.6 Å². The van der Waals surface area contributed by atoms with Gasteiger partial charge in [-0.15, -0.1) is 0 Å². The fourth-order valence-electron chi connectivity index (χ4n) is 4.47. The number of benzene rings is 3. The molecule has 2 heterocycles. The molecule has 0 aliphatic carbocycles. The zero-order valence-corrected chi connectivity index (χ0v) is 20.5. The average Bonchev–Trinajstić information content (AvgIpc) is 3.52. The standard InChI is InChI=1S/C28H25F2N5O3/c1-31-25-14-18(2-11-24(25)32-17-36)12-13-34-26(37)16-38-28(34)23-15-35(22-9-7-21(30)8-10-22)33-27(23)19-3-5-20(29)6-4-19/h2-11,14-15,17,28,31H,12-13,16H2,1H3,(H,32,36). The fraction of sp³-hybridized carbons (Fsp3) is 0.179. The lowest BCUT2D eigenvalue weighted by atomic mass is 10.1. The van der Waals surface area contributed by atoms with Gasteiger partial charge in [0.15, 0.2) is 6.23 Å². The number of amides is 2. The van der Waals surface area contributed by atoms with Crippen LogP contribution in [0.5, 0.6) is 0 Å². The number of carbonyl (C=O) groups excluding carboxylic acids is 2. The van der Waals surface area contributed by atoms with Gasteiger partial charge in [-0.3, -0.25) is 9.59 Å². The predicted octanol–water partition coefficient (Wildman–Crippen LogP) is 4.53. The van der Waals surface area contributed by atoms with Crippen LogP contribution in [0.1, 0.15) is 17.4 Å². The van der Waals surface area contributed by atoms with Gasteiger partial charge in [0.25, 0.3) is 5.91 Å². The van der Waals surface area contributed by atoms with E-state index in [-0.39, 0.29) is 24.1 Å². The Balaban J connectivity index is 1.46. The highest BCUT2D eigenvalue weighted by Gasteiger charge is 2.36. The molecule has 4 aromatic rings. The molecular formula is C28H25F2N5O3. The minimum Gasteiger partial charge on any atom is -0.386 e. The molecule has 0 radical (unpaired) electrons. The third-order valence-corrected chi connectivity index (χ3v) is 6.39. The topological polar surface area (TPSA) is 88.5 Å². The van der Waals surface area contributed by atoms with Gasteiger partial charge in [0.2, 0.25) is 6.41 Å². The molecule has 3 aromatic carbocycles. The van der Waals surface area contributed by atoms with Gasteiger partial charge >= 0.3 is 0 Å². The Labute approximate surface area is 217 Å². The van der Waals surface area contributed by atoms with E-state index in [1.165, 1.54) is 24.3 Å². The van der Waals surface area contributed by atoms with Crippen molar-refractivity contribution in [3.05, 3.63) is 95.7 Å². The van der Waals surface area contributed by atoms with Crippen LogP contribution in [0, 0.1) is 11.6 Å². The summed E-state index contributed by atoms with van der Waals surface area (Å²) in [6.45, 7) is 0.289. The normalized spacial score (nSPS) is 15.1. The molecule has 0 spiro atoms. The molecule has 10 heteroatoms. The van der Waals surface area contributed by atoms with Crippen molar-refractivity contribution in [2.45, 2.75) is 12.6 Å². The first-order valence-corrected chi connectivity index (χ1v) is 12.0. The van der Waals surface area contributed by atoms with Gasteiger partial charge in [-0.1, -0.05) is 6.07 Å². The third kappa shape index (κ3) is 5.12. The van der Waals surface area contributed by atoms with Crippen molar-refractivity contribution in [2.75, 3.05) is 30.8 Å². The summed E-state index contributed by atoms with van der Waals surface area (Å²) in [5.74, 6) is -0.910. The summed E-state index contributed by atoms with van der Waals surface area (Å²) in [5.41, 5.74) is 4.82. The van der Waals surface area contributed by atoms with Crippen LogP contribution in [0.4, 0.5) is 20.2 Å². The van der Waals surface area contributed by atoms with Gasteiger partial charge in [-0.2, -0.15) is 5.10 Å². The molecule has 1 saturated heterocycles. The van der Waals surface area contributed by atoms with Crippen molar-refractivity contribution in [2.24, 2.45) is 0 Å². The minimum atomic E-state index is -0.712. The fourth-order valence-corrected chi connectivity index (χ4v) is 4.47. The van der Waals surface area contributed by atoms with Crippen LogP contribution < -0.4 is 10.6 Å². The second kappa shape index (κ2) is 10.8. The number of nitrogens with one attached hydrogen (secondary N) is 2. The average molecular weight is 518 g/mol. The highest BCUT2D eigenvalue weighted by molar-refractivity contribution is 5.81. The minimum absolute atomic E-state index is 0.0841. The van der Waals surface area contributed by atoms with E-state index in [4.69, 9.17) is 9.84 Å². The molecule has 0 bridgehead atoms. The molecule has 38 heavy (non-hydrogen) atoms. The Hall–Kier alpha value is -4.57. The number of nitrogens with zero attached hydrogens (tertiary/aromatic N) is 3. The van der Waals surface area contributed by atoms with Crippen LogP contribution in [0.25, 0.3) is 16.9 Å². The SMILES string of the molecule is CNc1cc(CCN2C(=O)COC2c2cn(-c3ccc(F)cc3)nc2-c2ccc(F)cc2)ccc1NC=O. The van der Waals surface area contributed by atoms with E-state index in [0.29, 0.717) is 47.6 Å². The van der Waals surface area contributed by atoms with Gasteiger partial charge in [0.05, 0.1) is 17.1 Å². The Bertz CT molecular complexity index is 1450. The van der Waals surface area contributed by atoms with Crippen LogP contribution in [-0.2, 0) is 20.7 Å². The molecule has 194 valence electrons. The highest BCUT2D eigenvalue weighted by atomic mass is 19.1. The number of carbonyl (C=O) groups is 2. The van der Waals surface area contributed by atoms with Crippen LogP contribution in [0.2, 0.25) is 0 Å². The summed E-state index contributed by atoms with van der Waals surface area (Å²) in [6.07, 6.45) is 2.20. The van der Waals surface area contributed by atoms with Crippen LogP contribution in [0.3, 0.4) is 0 Å². The molecule has 0 saturated carbocycles. The Morgan fingerprint density at radius 3 is 2.42 bits per heavy atom. The number of ether oxygens (including phenoxy) is 1. The first-order chi connectivity index (χ1) is 18.5. The number of rotatable bonds is 9. The van der Waals surface area contributed by atoms with Crippen molar-refractivity contribution in [1.82, 2.24) is 14.7 Å². The zero-order chi connectivity index (χ0) is 26.6. The van der Waals surface area contributed by atoms with E-state index < -0.39 is 6.23 Å². The second-order valence-corrected chi connectivity index (χ2v) is 8.75. The lowest BCUT2D eigenvalue weighted by Gasteiger charge is -2.23. The maximum Gasteiger partial charge on any atom is 0.250 e. The van der Waals surface area contributed by atoms with E-state index in [2.05, 4.69) is 10.6 Å².